The summed E-state index contributed by atoms with van der Waals surface area (Å²) in [6, 6.07) is -0.0602. The van der Waals surface area contributed by atoms with E-state index in [1.165, 1.54) is 0 Å². The lowest BCUT2D eigenvalue weighted by Gasteiger charge is -2.12. The summed E-state index contributed by atoms with van der Waals surface area (Å²) in [6.07, 6.45) is 1.07. The predicted octanol–water partition coefficient (Wildman–Crippen LogP) is 0.969. The standard InChI is InChI=1S/C8H15NO2.ClH/c1-3-11-8(10)7-6(2)4-5-9-7;/h6-7,9H,3-5H2,1-2H3;1H/t6-,7+;/m1./s1. The van der Waals surface area contributed by atoms with Gasteiger partial charge in [0.05, 0.1) is 6.61 Å². The van der Waals surface area contributed by atoms with Crippen LogP contribution in [0.2, 0.25) is 0 Å². The molecule has 4 heteroatoms. The first kappa shape index (κ1) is 11.7. The molecule has 1 aliphatic heterocycles. The molecular formula is C8H16ClNO2. The van der Waals surface area contributed by atoms with Crippen LogP contribution in [-0.2, 0) is 9.53 Å². The third-order valence-electron chi connectivity index (χ3n) is 2.07. The van der Waals surface area contributed by atoms with Gasteiger partial charge in [-0.2, -0.15) is 0 Å². The number of halogens is 1. The van der Waals surface area contributed by atoms with Crippen LogP contribution in [0.4, 0.5) is 0 Å². The second kappa shape index (κ2) is 5.38. The minimum Gasteiger partial charge on any atom is -0.465 e. The number of carbonyl (C=O) groups is 1. The largest absolute Gasteiger partial charge is 0.465 e. The second-order valence-electron chi connectivity index (χ2n) is 2.95. The lowest BCUT2D eigenvalue weighted by atomic mass is 10.0. The van der Waals surface area contributed by atoms with Gasteiger partial charge in [-0.15, -0.1) is 12.4 Å². The molecule has 0 aliphatic carbocycles. The maximum absolute atomic E-state index is 11.2. The first-order valence-corrected chi connectivity index (χ1v) is 4.15. The maximum Gasteiger partial charge on any atom is 0.323 e. The molecule has 0 aromatic rings. The van der Waals surface area contributed by atoms with Crippen LogP contribution in [0.3, 0.4) is 0 Å². The molecule has 1 rings (SSSR count). The average molecular weight is 194 g/mol. The molecule has 1 fully saturated rings. The quantitative estimate of drug-likeness (QED) is 0.665. The van der Waals surface area contributed by atoms with Gasteiger partial charge in [0, 0.05) is 0 Å². The number of ether oxygens (including phenoxy) is 1. The fourth-order valence-corrected chi connectivity index (χ4v) is 1.38. The van der Waals surface area contributed by atoms with Crippen LogP contribution in [0.5, 0.6) is 0 Å². The Morgan fingerprint density at radius 2 is 2.33 bits per heavy atom. The molecule has 0 aromatic carbocycles. The molecule has 0 bridgehead atoms. The Kier molecular flexibility index (Phi) is 5.25. The van der Waals surface area contributed by atoms with Crippen LogP contribution in [0.25, 0.3) is 0 Å². The summed E-state index contributed by atoms with van der Waals surface area (Å²) in [7, 11) is 0. The normalized spacial score (nSPS) is 27.8. The van der Waals surface area contributed by atoms with Gasteiger partial charge in [0.2, 0.25) is 0 Å². The monoisotopic (exact) mass is 193 g/mol. The Balaban J connectivity index is 0.00000121. The first-order chi connectivity index (χ1) is 5.25. The van der Waals surface area contributed by atoms with E-state index in [1.54, 1.807) is 0 Å². The Morgan fingerprint density at radius 3 is 2.75 bits per heavy atom. The Bertz CT molecular complexity index is 152. The first-order valence-electron chi connectivity index (χ1n) is 4.15. The molecule has 0 unspecified atom stereocenters. The van der Waals surface area contributed by atoms with E-state index in [0.717, 1.165) is 13.0 Å². The molecule has 0 radical (unpaired) electrons. The van der Waals surface area contributed by atoms with Gasteiger partial charge in [-0.3, -0.25) is 4.79 Å². The summed E-state index contributed by atoms with van der Waals surface area (Å²) in [6.45, 7) is 5.31. The van der Waals surface area contributed by atoms with Crippen LogP contribution in [-0.4, -0.2) is 25.2 Å². The van der Waals surface area contributed by atoms with Crippen LogP contribution in [0.15, 0.2) is 0 Å². The molecule has 72 valence electrons. The van der Waals surface area contributed by atoms with Gasteiger partial charge in [-0.25, -0.2) is 0 Å². The molecule has 0 amide bonds. The van der Waals surface area contributed by atoms with Gasteiger partial charge in [-0.1, -0.05) is 6.92 Å². The zero-order valence-corrected chi connectivity index (χ0v) is 8.32. The molecule has 3 nitrogen and oxygen atoms in total. The van der Waals surface area contributed by atoms with Crippen molar-refractivity contribution in [2.75, 3.05) is 13.2 Å². The summed E-state index contributed by atoms with van der Waals surface area (Å²) in [5.41, 5.74) is 0. The number of esters is 1. The van der Waals surface area contributed by atoms with Crippen LogP contribution >= 0.6 is 12.4 Å². The summed E-state index contributed by atoms with van der Waals surface area (Å²) in [5.74, 6) is 0.326. The molecule has 1 N–H and O–H groups in total. The van der Waals surface area contributed by atoms with E-state index in [4.69, 9.17) is 4.74 Å². The highest BCUT2D eigenvalue weighted by molar-refractivity contribution is 5.85. The topological polar surface area (TPSA) is 38.3 Å². The van der Waals surface area contributed by atoms with Crippen LogP contribution < -0.4 is 5.32 Å². The van der Waals surface area contributed by atoms with Crippen molar-refractivity contribution in [3.63, 3.8) is 0 Å². The van der Waals surface area contributed by atoms with Gasteiger partial charge in [0.1, 0.15) is 6.04 Å². The number of hydrogen-bond donors (Lipinski definition) is 1. The zero-order chi connectivity index (χ0) is 8.27. The summed E-state index contributed by atoms with van der Waals surface area (Å²) in [4.78, 5) is 11.2. The minimum absolute atomic E-state index is 0. The highest BCUT2D eigenvalue weighted by Crippen LogP contribution is 2.15. The fourth-order valence-electron chi connectivity index (χ4n) is 1.38. The number of nitrogens with one attached hydrogen (secondary N) is 1. The zero-order valence-electron chi connectivity index (χ0n) is 7.50. The summed E-state index contributed by atoms with van der Waals surface area (Å²) in [5, 5.41) is 3.12. The summed E-state index contributed by atoms with van der Waals surface area (Å²) >= 11 is 0. The van der Waals surface area contributed by atoms with Crippen molar-refractivity contribution in [2.45, 2.75) is 26.3 Å². The SMILES string of the molecule is CCOC(=O)[C@H]1NCC[C@H]1C.Cl. The van der Waals surface area contributed by atoms with E-state index in [9.17, 15) is 4.79 Å². The molecule has 1 saturated heterocycles. The van der Waals surface area contributed by atoms with E-state index >= 15 is 0 Å². The van der Waals surface area contributed by atoms with Crippen molar-refractivity contribution in [2.24, 2.45) is 5.92 Å². The third-order valence-corrected chi connectivity index (χ3v) is 2.07. The van der Waals surface area contributed by atoms with E-state index < -0.39 is 0 Å². The third kappa shape index (κ3) is 2.64. The molecular weight excluding hydrogens is 178 g/mol. The number of rotatable bonds is 2. The average Bonchev–Trinajstić information content (AvgIpc) is 2.36. The second-order valence-corrected chi connectivity index (χ2v) is 2.95. The van der Waals surface area contributed by atoms with E-state index in [-0.39, 0.29) is 24.4 Å². The number of carbonyl (C=O) groups excluding carboxylic acids is 1. The lowest BCUT2D eigenvalue weighted by Crippen LogP contribution is -2.36. The Hall–Kier alpha value is -0.280. The van der Waals surface area contributed by atoms with Crippen molar-refractivity contribution in [3.05, 3.63) is 0 Å². The molecule has 0 spiro atoms. The van der Waals surface area contributed by atoms with Crippen LogP contribution in [0, 0.1) is 5.92 Å². The van der Waals surface area contributed by atoms with Crippen molar-refractivity contribution in [3.8, 4) is 0 Å². The molecule has 1 aliphatic rings. The van der Waals surface area contributed by atoms with E-state index in [1.807, 2.05) is 6.92 Å². The van der Waals surface area contributed by atoms with Crippen molar-refractivity contribution in [1.29, 1.82) is 0 Å². The highest BCUT2D eigenvalue weighted by Gasteiger charge is 2.29. The lowest BCUT2D eigenvalue weighted by molar-refractivity contribution is -0.146. The molecule has 12 heavy (non-hydrogen) atoms. The van der Waals surface area contributed by atoms with Gasteiger partial charge < -0.3 is 10.1 Å². The smallest absolute Gasteiger partial charge is 0.323 e. The van der Waals surface area contributed by atoms with Gasteiger partial charge in [-0.05, 0) is 25.8 Å². The van der Waals surface area contributed by atoms with Gasteiger partial charge in [0.15, 0.2) is 0 Å². The molecule has 0 aromatic heterocycles. The van der Waals surface area contributed by atoms with Crippen molar-refractivity contribution >= 4 is 18.4 Å². The van der Waals surface area contributed by atoms with E-state index in [0.29, 0.717) is 12.5 Å². The Morgan fingerprint density at radius 1 is 1.67 bits per heavy atom. The predicted molar refractivity (Wildman–Crippen MR) is 49.5 cm³/mol. The highest BCUT2D eigenvalue weighted by atomic mass is 35.5. The number of hydrogen-bond acceptors (Lipinski definition) is 3. The Labute approximate surface area is 79.3 Å². The maximum atomic E-state index is 11.2. The molecule has 2 atom stereocenters. The molecule has 0 saturated carbocycles. The molecule has 1 heterocycles. The minimum atomic E-state index is -0.0995. The summed E-state index contributed by atoms with van der Waals surface area (Å²) < 4.78 is 4.89. The van der Waals surface area contributed by atoms with Crippen molar-refractivity contribution in [1.82, 2.24) is 5.32 Å². The fraction of sp³-hybridized carbons (Fsp3) is 0.875. The van der Waals surface area contributed by atoms with E-state index in [2.05, 4.69) is 12.2 Å². The van der Waals surface area contributed by atoms with Crippen molar-refractivity contribution < 1.29 is 9.53 Å². The van der Waals surface area contributed by atoms with Crippen LogP contribution in [0.1, 0.15) is 20.3 Å². The van der Waals surface area contributed by atoms with Gasteiger partial charge in [0.25, 0.3) is 0 Å². The van der Waals surface area contributed by atoms with Gasteiger partial charge >= 0.3 is 5.97 Å².